The summed E-state index contributed by atoms with van der Waals surface area (Å²) in [5.41, 5.74) is 6.82. The second kappa shape index (κ2) is 6.48. The smallest absolute Gasteiger partial charge is 0.321 e. The number of nitrogens with zero attached hydrogens (tertiary/aromatic N) is 1. The first kappa shape index (κ1) is 13.8. The third kappa shape index (κ3) is 4.32. The van der Waals surface area contributed by atoms with Gasteiger partial charge in [-0.3, -0.25) is 4.79 Å². The van der Waals surface area contributed by atoms with E-state index in [2.05, 4.69) is 10.6 Å². The predicted molar refractivity (Wildman–Crippen MR) is 71.2 cm³/mol. The molecule has 0 aromatic heterocycles. The Morgan fingerprint density at radius 1 is 1.39 bits per heavy atom. The summed E-state index contributed by atoms with van der Waals surface area (Å²) in [6, 6.07) is 6.65. The number of nitrogens with two attached hydrogens (primary N) is 1. The molecular weight excluding hydrogens is 232 g/mol. The highest BCUT2D eigenvalue weighted by Gasteiger charge is 2.10. The molecule has 0 aliphatic rings. The van der Waals surface area contributed by atoms with Gasteiger partial charge in [0.05, 0.1) is 0 Å². The van der Waals surface area contributed by atoms with E-state index in [1.807, 2.05) is 0 Å². The van der Waals surface area contributed by atoms with E-state index >= 15 is 0 Å². The number of nitrogens with one attached hydrogen (secondary N) is 2. The number of anilines is 2. The second-order valence-electron chi connectivity index (χ2n) is 3.90. The van der Waals surface area contributed by atoms with Crippen LogP contribution in [0.4, 0.5) is 16.2 Å². The van der Waals surface area contributed by atoms with Crippen molar-refractivity contribution in [3.05, 3.63) is 24.3 Å². The number of hydrogen-bond donors (Lipinski definition) is 3. The van der Waals surface area contributed by atoms with Crippen molar-refractivity contribution in [1.29, 1.82) is 0 Å². The third-order valence-electron chi connectivity index (χ3n) is 2.44. The summed E-state index contributed by atoms with van der Waals surface area (Å²) in [5, 5.41) is 5.20. The van der Waals surface area contributed by atoms with Gasteiger partial charge in [-0.1, -0.05) is 6.07 Å². The molecule has 6 nitrogen and oxygen atoms in total. The maximum atomic E-state index is 11.8. The fourth-order valence-electron chi connectivity index (χ4n) is 1.33. The minimum absolute atomic E-state index is 0.0985. The first-order chi connectivity index (χ1) is 8.52. The van der Waals surface area contributed by atoms with Gasteiger partial charge in [0, 0.05) is 38.4 Å². The topological polar surface area (TPSA) is 87.5 Å². The molecule has 0 aliphatic heterocycles. The first-order valence-corrected chi connectivity index (χ1v) is 5.61. The summed E-state index contributed by atoms with van der Waals surface area (Å²) in [7, 11) is 3.19. The van der Waals surface area contributed by atoms with Gasteiger partial charge in [0.25, 0.3) is 0 Å². The van der Waals surface area contributed by atoms with E-state index in [9.17, 15) is 9.59 Å². The molecule has 98 valence electrons. The lowest BCUT2D eigenvalue weighted by Gasteiger charge is -2.17. The normalized spacial score (nSPS) is 9.67. The number of hydrogen-bond acceptors (Lipinski definition) is 3. The average molecular weight is 250 g/mol. The molecule has 0 bridgehead atoms. The maximum absolute atomic E-state index is 11.8. The first-order valence-electron chi connectivity index (χ1n) is 5.61. The number of rotatable bonds is 4. The summed E-state index contributed by atoms with van der Waals surface area (Å²) in [4.78, 5) is 24.3. The monoisotopic (exact) mass is 250 g/mol. The zero-order valence-corrected chi connectivity index (χ0v) is 10.6. The van der Waals surface area contributed by atoms with Gasteiger partial charge >= 0.3 is 6.03 Å². The van der Waals surface area contributed by atoms with E-state index in [4.69, 9.17) is 5.73 Å². The number of urea groups is 1. The minimum Gasteiger partial charge on any atom is -0.399 e. The lowest BCUT2D eigenvalue weighted by Crippen LogP contribution is -2.34. The van der Waals surface area contributed by atoms with Gasteiger partial charge in [-0.2, -0.15) is 0 Å². The Kier molecular flexibility index (Phi) is 4.98. The zero-order valence-electron chi connectivity index (χ0n) is 10.6. The van der Waals surface area contributed by atoms with Crippen LogP contribution in [-0.2, 0) is 4.79 Å². The Morgan fingerprint density at radius 2 is 2.11 bits per heavy atom. The van der Waals surface area contributed by atoms with Gasteiger partial charge in [-0.05, 0) is 18.2 Å². The van der Waals surface area contributed by atoms with Gasteiger partial charge in [0.15, 0.2) is 0 Å². The van der Waals surface area contributed by atoms with Crippen molar-refractivity contribution in [3.8, 4) is 0 Å². The van der Waals surface area contributed by atoms with Crippen LogP contribution >= 0.6 is 0 Å². The molecule has 0 saturated heterocycles. The summed E-state index contributed by atoms with van der Waals surface area (Å²) >= 11 is 0. The number of amides is 3. The third-order valence-corrected chi connectivity index (χ3v) is 2.44. The van der Waals surface area contributed by atoms with Crippen LogP contribution in [0.15, 0.2) is 24.3 Å². The van der Waals surface area contributed by atoms with Crippen molar-refractivity contribution in [2.45, 2.75) is 6.42 Å². The van der Waals surface area contributed by atoms with Crippen molar-refractivity contribution >= 4 is 23.3 Å². The zero-order chi connectivity index (χ0) is 13.5. The average Bonchev–Trinajstić information content (AvgIpc) is 2.35. The summed E-state index contributed by atoms with van der Waals surface area (Å²) in [6.07, 6.45) is 0.275. The van der Waals surface area contributed by atoms with Gasteiger partial charge < -0.3 is 21.3 Å². The van der Waals surface area contributed by atoms with Crippen molar-refractivity contribution in [1.82, 2.24) is 10.2 Å². The Morgan fingerprint density at radius 3 is 2.72 bits per heavy atom. The van der Waals surface area contributed by atoms with Gasteiger partial charge in [-0.15, -0.1) is 0 Å². The molecule has 4 N–H and O–H groups in total. The van der Waals surface area contributed by atoms with E-state index < -0.39 is 0 Å². The number of benzene rings is 1. The van der Waals surface area contributed by atoms with Crippen molar-refractivity contribution in [2.75, 3.05) is 31.7 Å². The van der Waals surface area contributed by atoms with Crippen LogP contribution in [0.3, 0.4) is 0 Å². The van der Waals surface area contributed by atoms with E-state index in [0.717, 1.165) is 0 Å². The van der Waals surface area contributed by atoms with Crippen molar-refractivity contribution in [3.63, 3.8) is 0 Å². The molecule has 18 heavy (non-hydrogen) atoms. The Balaban J connectivity index is 2.47. The molecule has 0 unspecified atom stereocenters. The van der Waals surface area contributed by atoms with E-state index in [0.29, 0.717) is 17.9 Å². The summed E-state index contributed by atoms with van der Waals surface area (Å²) < 4.78 is 0. The lowest BCUT2D eigenvalue weighted by atomic mass is 10.3. The Labute approximate surface area is 106 Å². The summed E-state index contributed by atoms with van der Waals surface area (Å²) in [6.45, 7) is 0.355. The lowest BCUT2D eigenvalue weighted by molar-refractivity contribution is -0.120. The molecule has 0 saturated carbocycles. The van der Waals surface area contributed by atoms with Crippen LogP contribution in [0, 0.1) is 0 Å². The van der Waals surface area contributed by atoms with Crippen molar-refractivity contribution < 1.29 is 9.59 Å². The molecule has 6 heteroatoms. The molecule has 0 aliphatic carbocycles. The largest absolute Gasteiger partial charge is 0.399 e. The van der Waals surface area contributed by atoms with Gasteiger partial charge in [-0.25, -0.2) is 4.79 Å². The fourth-order valence-corrected chi connectivity index (χ4v) is 1.33. The second-order valence-corrected chi connectivity index (χ2v) is 3.90. The van der Waals surface area contributed by atoms with Crippen LogP contribution < -0.4 is 16.4 Å². The molecule has 1 aromatic carbocycles. The molecule has 0 fully saturated rings. The standard InChI is InChI=1S/C12H18N4O2/c1-14-11(17)6-7-16(2)12(18)15-10-5-3-4-9(13)8-10/h3-5,8H,6-7,13H2,1-2H3,(H,14,17)(H,15,18). The molecular formula is C12H18N4O2. The van der Waals surface area contributed by atoms with Crippen LogP contribution in [0.2, 0.25) is 0 Å². The molecule has 0 spiro atoms. The molecule has 1 aromatic rings. The number of carbonyl (C=O) groups excluding carboxylic acids is 2. The molecule has 1 rings (SSSR count). The SMILES string of the molecule is CNC(=O)CCN(C)C(=O)Nc1cccc(N)c1. The molecule has 3 amide bonds. The van der Waals surface area contributed by atoms with Gasteiger partial charge in [0.2, 0.25) is 5.91 Å². The molecule has 0 radical (unpaired) electrons. The Hall–Kier alpha value is -2.24. The van der Waals surface area contributed by atoms with Crippen molar-refractivity contribution in [2.24, 2.45) is 0 Å². The number of nitrogen functional groups attached to an aromatic ring is 1. The highest BCUT2D eigenvalue weighted by Crippen LogP contribution is 2.12. The van der Waals surface area contributed by atoms with E-state index in [1.165, 1.54) is 4.90 Å². The van der Waals surface area contributed by atoms with Crippen LogP contribution in [-0.4, -0.2) is 37.5 Å². The highest BCUT2D eigenvalue weighted by atomic mass is 16.2. The maximum Gasteiger partial charge on any atom is 0.321 e. The van der Waals surface area contributed by atoms with E-state index in [-0.39, 0.29) is 18.4 Å². The molecule has 0 atom stereocenters. The molecule has 0 heterocycles. The summed E-state index contributed by atoms with van der Waals surface area (Å²) in [5.74, 6) is -0.0985. The van der Waals surface area contributed by atoms with Crippen LogP contribution in [0.1, 0.15) is 6.42 Å². The highest BCUT2D eigenvalue weighted by molar-refractivity contribution is 5.90. The fraction of sp³-hybridized carbons (Fsp3) is 0.333. The predicted octanol–water partition coefficient (Wildman–Crippen LogP) is 0.869. The van der Waals surface area contributed by atoms with Crippen LogP contribution in [0.25, 0.3) is 0 Å². The number of carbonyl (C=O) groups is 2. The Bertz CT molecular complexity index is 434. The quantitative estimate of drug-likeness (QED) is 0.693. The minimum atomic E-state index is -0.274. The van der Waals surface area contributed by atoms with Crippen LogP contribution in [0.5, 0.6) is 0 Å². The van der Waals surface area contributed by atoms with E-state index in [1.54, 1.807) is 38.4 Å². The van der Waals surface area contributed by atoms with Gasteiger partial charge in [0.1, 0.15) is 0 Å².